The molecule has 3 atom stereocenters. The molecule has 5 nitrogen and oxygen atoms in total. The molecule has 0 radical (unpaired) electrons. The van der Waals surface area contributed by atoms with Crippen molar-refractivity contribution in [1.29, 1.82) is 0 Å². The number of nitrogens with one attached hydrogen (secondary N) is 2. The molecule has 3 rings (SSSR count). The summed E-state index contributed by atoms with van der Waals surface area (Å²) < 4.78 is 11.1. The summed E-state index contributed by atoms with van der Waals surface area (Å²) in [6.45, 7) is 3.02. The maximum absolute atomic E-state index is 12.0. The van der Waals surface area contributed by atoms with E-state index in [0.717, 1.165) is 26.2 Å². The van der Waals surface area contributed by atoms with Crippen LogP contribution in [-0.2, 0) is 14.3 Å². The van der Waals surface area contributed by atoms with E-state index in [1.165, 1.54) is 12.8 Å². The van der Waals surface area contributed by atoms with Crippen molar-refractivity contribution in [3.05, 3.63) is 0 Å². The molecule has 2 aliphatic heterocycles. The van der Waals surface area contributed by atoms with E-state index in [-0.39, 0.29) is 24.1 Å². The molecular formula is C13H22N2O3. The smallest absolute Gasteiger partial charge is 0.221 e. The van der Waals surface area contributed by atoms with Gasteiger partial charge in [-0.3, -0.25) is 4.79 Å². The molecule has 2 saturated heterocycles. The standard InChI is InChI=1S/C13H22N2O3/c16-12(7-10-8-17-6-4-14-10)15-11-3-5-18-13(11)9-1-2-9/h9-11,13-14H,1-8H2,(H,15,16). The molecule has 1 saturated carbocycles. The summed E-state index contributed by atoms with van der Waals surface area (Å²) in [7, 11) is 0. The Hall–Kier alpha value is -0.650. The summed E-state index contributed by atoms with van der Waals surface area (Å²) in [4.78, 5) is 12.0. The predicted molar refractivity (Wildman–Crippen MR) is 66.2 cm³/mol. The number of ether oxygens (including phenoxy) is 2. The second-order valence-electron chi connectivity index (χ2n) is 5.57. The van der Waals surface area contributed by atoms with E-state index in [0.29, 0.717) is 18.9 Å². The quantitative estimate of drug-likeness (QED) is 0.744. The molecular weight excluding hydrogens is 232 g/mol. The summed E-state index contributed by atoms with van der Waals surface area (Å²) >= 11 is 0. The first-order valence-corrected chi connectivity index (χ1v) is 7.05. The predicted octanol–water partition coefficient (Wildman–Crippen LogP) is 0.0486. The van der Waals surface area contributed by atoms with Gasteiger partial charge in [-0.25, -0.2) is 0 Å². The van der Waals surface area contributed by atoms with Crippen LogP contribution >= 0.6 is 0 Å². The van der Waals surface area contributed by atoms with Crippen molar-refractivity contribution >= 4 is 5.91 Å². The molecule has 1 aliphatic carbocycles. The van der Waals surface area contributed by atoms with Crippen LogP contribution in [0.3, 0.4) is 0 Å². The molecule has 3 unspecified atom stereocenters. The summed E-state index contributed by atoms with van der Waals surface area (Å²) in [5, 5.41) is 6.44. The van der Waals surface area contributed by atoms with Gasteiger partial charge in [-0.05, 0) is 25.2 Å². The number of hydrogen-bond acceptors (Lipinski definition) is 4. The molecule has 0 aromatic rings. The molecule has 3 fully saturated rings. The molecule has 5 heteroatoms. The molecule has 0 bridgehead atoms. The topological polar surface area (TPSA) is 59.6 Å². The van der Waals surface area contributed by atoms with Crippen molar-refractivity contribution in [2.75, 3.05) is 26.4 Å². The van der Waals surface area contributed by atoms with E-state index in [9.17, 15) is 4.79 Å². The van der Waals surface area contributed by atoms with Crippen LogP contribution in [0.2, 0.25) is 0 Å². The third kappa shape index (κ3) is 3.02. The minimum atomic E-state index is 0.124. The van der Waals surface area contributed by atoms with E-state index in [4.69, 9.17) is 9.47 Å². The maximum atomic E-state index is 12.0. The van der Waals surface area contributed by atoms with Crippen LogP contribution in [0.5, 0.6) is 0 Å². The lowest BCUT2D eigenvalue weighted by molar-refractivity contribution is -0.123. The van der Waals surface area contributed by atoms with Crippen LogP contribution in [0.25, 0.3) is 0 Å². The minimum Gasteiger partial charge on any atom is -0.378 e. The third-order valence-electron chi connectivity index (χ3n) is 4.00. The molecule has 3 aliphatic rings. The molecule has 2 N–H and O–H groups in total. The van der Waals surface area contributed by atoms with Crippen molar-refractivity contribution in [2.45, 2.75) is 43.9 Å². The highest BCUT2D eigenvalue weighted by molar-refractivity contribution is 5.77. The normalized spacial score (nSPS) is 36.6. The van der Waals surface area contributed by atoms with Gasteiger partial charge in [0.1, 0.15) is 0 Å². The Morgan fingerprint density at radius 3 is 2.89 bits per heavy atom. The van der Waals surface area contributed by atoms with Crippen LogP contribution in [0.15, 0.2) is 0 Å². The van der Waals surface area contributed by atoms with E-state index in [1.54, 1.807) is 0 Å². The van der Waals surface area contributed by atoms with Gasteiger partial charge in [0.15, 0.2) is 0 Å². The van der Waals surface area contributed by atoms with Crippen molar-refractivity contribution in [1.82, 2.24) is 10.6 Å². The fraction of sp³-hybridized carbons (Fsp3) is 0.923. The van der Waals surface area contributed by atoms with Crippen molar-refractivity contribution in [3.8, 4) is 0 Å². The number of morpholine rings is 1. The highest BCUT2D eigenvalue weighted by Crippen LogP contribution is 2.38. The first kappa shape index (κ1) is 12.4. The highest BCUT2D eigenvalue weighted by Gasteiger charge is 2.41. The van der Waals surface area contributed by atoms with Crippen molar-refractivity contribution < 1.29 is 14.3 Å². The zero-order chi connectivity index (χ0) is 12.4. The Morgan fingerprint density at radius 2 is 2.17 bits per heavy atom. The zero-order valence-electron chi connectivity index (χ0n) is 10.7. The minimum absolute atomic E-state index is 0.124. The number of carbonyl (C=O) groups is 1. The van der Waals surface area contributed by atoms with Gasteiger partial charge in [0.25, 0.3) is 0 Å². The molecule has 0 aromatic heterocycles. The lowest BCUT2D eigenvalue weighted by Crippen LogP contribution is -2.47. The Bertz CT molecular complexity index is 301. The van der Waals surface area contributed by atoms with Crippen molar-refractivity contribution in [3.63, 3.8) is 0 Å². The van der Waals surface area contributed by atoms with E-state index in [2.05, 4.69) is 10.6 Å². The number of hydrogen-bond donors (Lipinski definition) is 2. The van der Waals surface area contributed by atoms with Crippen LogP contribution in [0, 0.1) is 5.92 Å². The van der Waals surface area contributed by atoms with Crippen molar-refractivity contribution in [2.24, 2.45) is 5.92 Å². The monoisotopic (exact) mass is 254 g/mol. The number of amides is 1. The average molecular weight is 254 g/mol. The summed E-state index contributed by atoms with van der Waals surface area (Å²) in [5.41, 5.74) is 0. The van der Waals surface area contributed by atoms with Crippen LogP contribution < -0.4 is 10.6 Å². The Labute approximate surface area is 108 Å². The molecule has 102 valence electrons. The molecule has 1 amide bonds. The second-order valence-corrected chi connectivity index (χ2v) is 5.57. The number of carbonyl (C=O) groups excluding carboxylic acids is 1. The van der Waals surface area contributed by atoms with Crippen LogP contribution in [0.1, 0.15) is 25.7 Å². The van der Waals surface area contributed by atoms with Crippen LogP contribution in [-0.4, -0.2) is 50.5 Å². The van der Waals surface area contributed by atoms with Gasteiger partial charge in [0.05, 0.1) is 25.4 Å². The Morgan fingerprint density at radius 1 is 1.28 bits per heavy atom. The summed E-state index contributed by atoms with van der Waals surface area (Å²) in [6.07, 6.45) is 4.25. The van der Waals surface area contributed by atoms with E-state index >= 15 is 0 Å². The van der Waals surface area contributed by atoms with Gasteiger partial charge in [-0.15, -0.1) is 0 Å². The van der Waals surface area contributed by atoms with Gasteiger partial charge >= 0.3 is 0 Å². The molecule has 18 heavy (non-hydrogen) atoms. The third-order valence-corrected chi connectivity index (χ3v) is 4.00. The van der Waals surface area contributed by atoms with Gasteiger partial charge in [-0.2, -0.15) is 0 Å². The summed E-state index contributed by atoms with van der Waals surface area (Å²) in [6, 6.07) is 0.398. The average Bonchev–Trinajstić information content (AvgIpc) is 3.12. The first-order valence-electron chi connectivity index (χ1n) is 7.05. The van der Waals surface area contributed by atoms with E-state index < -0.39 is 0 Å². The maximum Gasteiger partial charge on any atom is 0.221 e. The lowest BCUT2D eigenvalue weighted by atomic mass is 10.1. The first-order chi connectivity index (χ1) is 8.83. The molecule has 0 aromatic carbocycles. The highest BCUT2D eigenvalue weighted by atomic mass is 16.5. The fourth-order valence-corrected chi connectivity index (χ4v) is 2.90. The second kappa shape index (κ2) is 5.55. The molecule has 0 spiro atoms. The zero-order valence-corrected chi connectivity index (χ0v) is 10.7. The van der Waals surface area contributed by atoms with Crippen LogP contribution in [0.4, 0.5) is 0 Å². The lowest BCUT2D eigenvalue weighted by Gasteiger charge is -2.25. The van der Waals surface area contributed by atoms with Gasteiger partial charge in [0, 0.05) is 25.6 Å². The van der Waals surface area contributed by atoms with Gasteiger partial charge < -0.3 is 20.1 Å². The SMILES string of the molecule is O=C(CC1COCCN1)NC1CCOC1C1CC1. The largest absolute Gasteiger partial charge is 0.378 e. The van der Waals surface area contributed by atoms with E-state index in [1.807, 2.05) is 0 Å². The molecule has 2 heterocycles. The Kier molecular flexibility index (Phi) is 3.82. The van der Waals surface area contributed by atoms with Gasteiger partial charge in [0.2, 0.25) is 5.91 Å². The number of rotatable bonds is 4. The van der Waals surface area contributed by atoms with Gasteiger partial charge in [-0.1, -0.05) is 0 Å². The fourth-order valence-electron chi connectivity index (χ4n) is 2.90. The summed E-state index contributed by atoms with van der Waals surface area (Å²) in [5.74, 6) is 0.813. The Balaban J connectivity index is 1.44.